The third kappa shape index (κ3) is 3.22. The zero-order valence-electron chi connectivity index (χ0n) is 9.59. The number of carbonyl (C=O) groups excluding carboxylic acids is 1. The molecular formula is C12H21FN2O. The van der Waals surface area contributed by atoms with Crippen LogP contribution in [0.1, 0.15) is 29.5 Å². The van der Waals surface area contributed by atoms with Crippen molar-refractivity contribution in [3.63, 3.8) is 0 Å². The molecule has 16 heavy (non-hydrogen) atoms. The summed E-state index contributed by atoms with van der Waals surface area (Å²) in [6.45, 7) is 3.99. The summed E-state index contributed by atoms with van der Waals surface area (Å²) in [6, 6.07) is 4.34. The highest BCUT2D eigenvalue weighted by molar-refractivity contribution is 5.94. The molecule has 0 unspecified atom stereocenters. The van der Waals surface area contributed by atoms with Crippen LogP contribution in [0.3, 0.4) is 0 Å². The molecule has 0 fully saturated rings. The second kappa shape index (κ2) is 5.49. The Morgan fingerprint density at radius 3 is 2.88 bits per heavy atom. The molecule has 92 valence electrons. The lowest BCUT2D eigenvalue weighted by molar-refractivity contribution is -0.117. The minimum Gasteiger partial charge on any atom is -0.397 e. The number of para-hydroxylation sites is 1. The fourth-order valence-corrected chi connectivity index (χ4v) is 1.32. The summed E-state index contributed by atoms with van der Waals surface area (Å²) < 4.78 is 13.3. The van der Waals surface area contributed by atoms with Gasteiger partial charge in [0.1, 0.15) is 11.5 Å². The first-order chi connectivity index (χ1) is 7.54. The van der Waals surface area contributed by atoms with Gasteiger partial charge in [-0.1, -0.05) is 26.3 Å². The maximum absolute atomic E-state index is 13.3. The zero-order valence-corrected chi connectivity index (χ0v) is 9.59. The molecule has 0 heterocycles. The Balaban J connectivity index is 0. The van der Waals surface area contributed by atoms with Crippen LogP contribution in [0.25, 0.3) is 0 Å². The molecule has 0 bridgehead atoms. The van der Waals surface area contributed by atoms with Gasteiger partial charge in [-0.05, 0) is 18.1 Å². The summed E-state index contributed by atoms with van der Waals surface area (Å²) in [7, 11) is 0. The Bertz CT molecular complexity index is 368. The molecule has 4 heteroatoms. The lowest BCUT2D eigenvalue weighted by Gasteiger charge is -2.11. The van der Waals surface area contributed by atoms with Crippen LogP contribution >= 0.6 is 0 Å². The highest BCUT2D eigenvalue weighted by Crippen LogP contribution is 2.22. The Hall–Kier alpha value is -1.58. The van der Waals surface area contributed by atoms with Crippen LogP contribution in [0.2, 0.25) is 0 Å². The molecule has 3 N–H and O–H groups in total. The molecule has 0 radical (unpaired) electrons. The Morgan fingerprint density at radius 2 is 2.31 bits per heavy atom. The van der Waals surface area contributed by atoms with Crippen LogP contribution in [0.4, 0.5) is 15.8 Å². The van der Waals surface area contributed by atoms with Crippen LogP contribution in [0.15, 0.2) is 18.2 Å². The third-order valence-corrected chi connectivity index (χ3v) is 2.54. The van der Waals surface area contributed by atoms with E-state index in [1.165, 1.54) is 12.1 Å². The lowest BCUT2D eigenvalue weighted by Crippen LogP contribution is -2.16. The average molecular weight is 228 g/mol. The van der Waals surface area contributed by atoms with Crippen LogP contribution in [-0.2, 0) is 4.79 Å². The molecule has 1 atom stereocenters. The highest BCUT2D eigenvalue weighted by Gasteiger charge is 2.12. The molecule has 0 spiro atoms. The number of rotatable bonds is 4. The molecule has 0 aromatic heterocycles. The summed E-state index contributed by atoms with van der Waals surface area (Å²) in [5.41, 5.74) is 5.91. The smallest absolute Gasteiger partial charge is 0.224 e. The number of anilines is 2. The second-order valence-electron chi connectivity index (χ2n) is 3.97. The van der Waals surface area contributed by atoms with Crippen molar-refractivity contribution in [2.45, 2.75) is 26.7 Å². The Morgan fingerprint density at radius 1 is 1.62 bits per heavy atom. The summed E-state index contributed by atoms with van der Waals surface area (Å²) in [5, 5.41) is 2.50. The van der Waals surface area contributed by atoms with E-state index in [-0.39, 0.29) is 26.1 Å². The molecule has 1 rings (SSSR count). The number of nitrogens with one attached hydrogen (secondary N) is 1. The third-order valence-electron chi connectivity index (χ3n) is 2.54. The van der Waals surface area contributed by atoms with Gasteiger partial charge in [0.2, 0.25) is 5.91 Å². The SMILES string of the molecule is CC[C@H](C)CC(=O)Nc1c(N)cccc1F.[HH].[HH]. The quantitative estimate of drug-likeness (QED) is 0.777. The van der Waals surface area contributed by atoms with Gasteiger partial charge in [0, 0.05) is 9.27 Å². The molecular weight excluding hydrogens is 207 g/mol. The Labute approximate surface area is 97.8 Å². The van der Waals surface area contributed by atoms with Crippen molar-refractivity contribution in [3.8, 4) is 0 Å². The number of halogens is 1. The summed E-state index contributed by atoms with van der Waals surface area (Å²) in [4.78, 5) is 11.6. The minimum absolute atomic E-state index is 0. The molecule has 0 aliphatic heterocycles. The minimum atomic E-state index is -0.502. The van der Waals surface area contributed by atoms with Crippen LogP contribution in [0, 0.1) is 11.7 Å². The van der Waals surface area contributed by atoms with Crippen molar-refractivity contribution in [1.29, 1.82) is 0 Å². The van der Waals surface area contributed by atoms with Gasteiger partial charge in [-0.2, -0.15) is 0 Å². The number of hydrogen-bond acceptors (Lipinski definition) is 2. The molecule has 3 nitrogen and oxygen atoms in total. The number of nitrogen functional groups attached to an aromatic ring is 1. The van der Waals surface area contributed by atoms with Gasteiger partial charge in [0.05, 0.1) is 5.69 Å². The van der Waals surface area contributed by atoms with E-state index in [9.17, 15) is 9.18 Å². The predicted octanol–water partition coefficient (Wildman–Crippen LogP) is 3.27. The molecule has 0 saturated carbocycles. The van der Waals surface area contributed by atoms with Crippen molar-refractivity contribution in [2.75, 3.05) is 11.1 Å². The van der Waals surface area contributed by atoms with Gasteiger partial charge >= 0.3 is 0 Å². The number of amides is 1. The van der Waals surface area contributed by atoms with Gasteiger partial charge in [-0.25, -0.2) is 4.39 Å². The van der Waals surface area contributed by atoms with Crippen molar-refractivity contribution in [2.24, 2.45) is 5.92 Å². The predicted molar refractivity (Wildman–Crippen MR) is 67.7 cm³/mol. The van der Waals surface area contributed by atoms with Crippen LogP contribution < -0.4 is 11.1 Å². The topological polar surface area (TPSA) is 55.1 Å². The van der Waals surface area contributed by atoms with E-state index in [1.54, 1.807) is 6.07 Å². The maximum atomic E-state index is 13.3. The fourth-order valence-electron chi connectivity index (χ4n) is 1.32. The van der Waals surface area contributed by atoms with E-state index < -0.39 is 5.82 Å². The van der Waals surface area contributed by atoms with E-state index >= 15 is 0 Å². The van der Waals surface area contributed by atoms with E-state index in [1.807, 2.05) is 13.8 Å². The molecule has 1 amide bonds. The van der Waals surface area contributed by atoms with Gasteiger partial charge in [0.25, 0.3) is 0 Å². The molecule has 1 aromatic carbocycles. The first-order valence-corrected chi connectivity index (χ1v) is 5.38. The van der Waals surface area contributed by atoms with E-state index in [2.05, 4.69) is 5.32 Å². The van der Waals surface area contributed by atoms with E-state index in [4.69, 9.17) is 5.73 Å². The highest BCUT2D eigenvalue weighted by atomic mass is 19.1. The van der Waals surface area contributed by atoms with E-state index in [0.29, 0.717) is 6.42 Å². The molecule has 1 aromatic rings. The number of benzene rings is 1. The number of nitrogens with two attached hydrogens (primary N) is 1. The van der Waals surface area contributed by atoms with Crippen molar-refractivity contribution >= 4 is 17.3 Å². The lowest BCUT2D eigenvalue weighted by atomic mass is 10.0. The second-order valence-corrected chi connectivity index (χ2v) is 3.97. The van der Waals surface area contributed by atoms with Gasteiger partial charge in [-0.3, -0.25) is 4.79 Å². The normalized spacial score (nSPS) is 12.2. The van der Waals surface area contributed by atoms with E-state index in [0.717, 1.165) is 6.42 Å². The largest absolute Gasteiger partial charge is 0.397 e. The maximum Gasteiger partial charge on any atom is 0.224 e. The zero-order chi connectivity index (χ0) is 12.1. The first-order valence-electron chi connectivity index (χ1n) is 5.38. The standard InChI is InChI=1S/C12H17FN2O.2H2/c1-3-8(2)7-11(16)15-12-9(13)5-4-6-10(12)14;;/h4-6,8H,3,7,14H2,1-2H3,(H,15,16);2*1H/t8-;;/m0../s1. The molecule has 0 saturated heterocycles. The van der Waals surface area contributed by atoms with Crippen molar-refractivity contribution in [3.05, 3.63) is 24.0 Å². The van der Waals surface area contributed by atoms with Gasteiger partial charge in [-0.15, -0.1) is 0 Å². The summed E-state index contributed by atoms with van der Waals surface area (Å²) >= 11 is 0. The molecule has 0 aliphatic rings. The Kier molecular flexibility index (Phi) is 4.28. The van der Waals surface area contributed by atoms with Crippen LogP contribution in [0.5, 0.6) is 0 Å². The summed E-state index contributed by atoms with van der Waals surface area (Å²) in [6.07, 6.45) is 1.30. The van der Waals surface area contributed by atoms with Crippen LogP contribution in [-0.4, -0.2) is 5.91 Å². The first kappa shape index (κ1) is 12.5. The van der Waals surface area contributed by atoms with Crippen molar-refractivity contribution < 1.29 is 12.0 Å². The van der Waals surface area contributed by atoms with Gasteiger partial charge in [0.15, 0.2) is 0 Å². The monoisotopic (exact) mass is 228 g/mol. The fraction of sp³-hybridized carbons (Fsp3) is 0.417. The van der Waals surface area contributed by atoms with Crippen molar-refractivity contribution in [1.82, 2.24) is 0 Å². The average Bonchev–Trinajstić information content (AvgIpc) is 2.23. The number of carbonyl (C=O) groups is 1. The molecule has 0 aliphatic carbocycles. The van der Waals surface area contributed by atoms with Gasteiger partial charge < -0.3 is 11.1 Å². The summed E-state index contributed by atoms with van der Waals surface area (Å²) in [5.74, 6) is -0.420. The number of hydrogen-bond donors (Lipinski definition) is 2.